The number of esters is 1. The molecule has 0 aromatic heterocycles. The van der Waals surface area contributed by atoms with E-state index in [2.05, 4.69) is 0 Å². The van der Waals surface area contributed by atoms with Crippen molar-refractivity contribution in [3.8, 4) is 0 Å². The molecule has 2 fully saturated rings. The molecule has 5 nitrogen and oxygen atoms in total. The Morgan fingerprint density at radius 3 is 2.62 bits per heavy atom. The van der Waals surface area contributed by atoms with Crippen molar-refractivity contribution >= 4 is 11.8 Å². The number of allylic oxidation sites excluding steroid dienone is 1. The van der Waals surface area contributed by atoms with E-state index in [1.54, 1.807) is 0 Å². The van der Waals surface area contributed by atoms with E-state index in [-0.39, 0.29) is 35.4 Å². The third-order valence-electron chi connectivity index (χ3n) is 5.65. The predicted octanol–water partition coefficient (Wildman–Crippen LogP) is 2.43. The van der Waals surface area contributed by atoms with Crippen molar-refractivity contribution in [3.63, 3.8) is 0 Å². The maximum absolute atomic E-state index is 13.2. The van der Waals surface area contributed by atoms with Crippen molar-refractivity contribution in [1.82, 2.24) is 0 Å². The fourth-order valence-corrected chi connectivity index (χ4v) is 4.78. The summed E-state index contributed by atoms with van der Waals surface area (Å²) in [7, 11) is 1.49. The van der Waals surface area contributed by atoms with Crippen LogP contribution in [-0.4, -0.2) is 31.3 Å². The summed E-state index contributed by atoms with van der Waals surface area (Å²) in [5.74, 6) is -1.90. The average Bonchev–Trinajstić information content (AvgIpc) is 2.92. The molecule has 4 bridgehead atoms. The quantitative estimate of drug-likeness (QED) is 0.798. The van der Waals surface area contributed by atoms with Gasteiger partial charge in [0.2, 0.25) is 11.6 Å². The van der Waals surface area contributed by atoms with E-state index in [0.29, 0.717) is 12.4 Å². The number of methoxy groups -OCH3 is 1. The molecule has 0 spiro atoms. The highest BCUT2D eigenvalue weighted by molar-refractivity contribution is 5.95. The van der Waals surface area contributed by atoms with Gasteiger partial charge in [-0.05, 0) is 18.1 Å². The molecule has 0 amide bonds. The molecule has 5 rings (SSSR count). The first kappa shape index (κ1) is 15.5. The number of rotatable bonds is 3. The van der Waals surface area contributed by atoms with Gasteiger partial charge in [-0.15, -0.1) is 0 Å². The van der Waals surface area contributed by atoms with Gasteiger partial charge in [0.25, 0.3) is 0 Å². The Labute approximate surface area is 140 Å². The lowest BCUT2D eigenvalue weighted by atomic mass is 9.55. The molecule has 1 aromatic rings. The van der Waals surface area contributed by atoms with Crippen LogP contribution in [0.1, 0.15) is 25.3 Å². The molecule has 3 aliphatic carbocycles. The summed E-state index contributed by atoms with van der Waals surface area (Å²) in [6.45, 7) is 3.67. The number of Topliss-reactive ketones (excluding diaryl/α,β-unsaturated/α-hetero) is 1. The maximum Gasteiger partial charge on any atom is 0.307 e. The second kappa shape index (κ2) is 5.26. The SMILES string of the molecule is CO[C@]12OC[C@@H]3[C@@H](c4ccccc4)[C@H](C1=O)C(C)=C(OC(C)=O)[C@@H]32. The number of ether oxygens (including phenoxy) is 3. The van der Waals surface area contributed by atoms with Gasteiger partial charge in [-0.1, -0.05) is 30.3 Å². The van der Waals surface area contributed by atoms with Crippen LogP contribution >= 0.6 is 0 Å². The summed E-state index contributed by atoms with van der Waals surface area (Å²) in [5.41, 5.74) is 1.94. The van der Waals surface area contributed by atoms with Gasteiger partial charge in [0.1, 0.15) is 5.76 Å². The second-order valence-corrected chi connectivity index (χ2v) is 6.74. The number of carbonyl (C=O) groups excluding carboxylic acids is 2. The molecule has 4 aliphatic rings. The van der Waals surface area contributed by atoms with E-state index in [4.69, 9.17) is 14.2 Å². The van der Waals surface area contributed by atoms with Crippen LogP contribution in [0.15, 0.2) is 41.7 Å². The Hall–Kier alpha value is -1.98. The number of ketones is 1. The first-order valence-corrected chi connectivity index (χ1v) is 8.18. The molecule has 1 aromatic carbocycles. The molecule has 5 heteroatoms. The Morgan fingerprint density at radius 1 is 1.29 bits per heavy atom. The van der Waals surface area contributed by atoms with E-state index >= 15 is 0 Å². The van der Waals surface area contributed by atoms with Crippen LogP contribution in [0.5, 0.6) is 0 Å². The van der Waals surface area contributed by atoms with Crippen LogP contribution in [0.25, 0.3) is 0 Å². The van der Waals surface area contributed by atoms with Crippen molar-refractivity contribution < 1.29 is 23.8 Å². The highest BCUT2D eigenvalue weighted by Gasteiger charge is 2.70. The van der Waals surface area contributed by atoms with Crippen molar-refractivity contribution in [2.75, 3.05) is 13.7 Å². The molecule has 1 saturated heterocycles. The van der Waals surface area contributed by atoms with E-state index in [0.717, 1.165) is 11.1 Å². The standard InChI is InChI=1S/C19H20O5/c1-10-14-15(12-7-5-4-6-8-12)13-9-23-19(22-3,18(14)21)16(13)17(10)24-11(2)20/h4-8,13-16H,9H2,1-3H3/t13-,14-,15-,16-,19-/m1/s1. The predicted molar refractivity (Wildman–Crippen MR) is 84.8 cm³/mol. The molecule has 24 heavy (non-hydrogen) atoms. The third kappa shape index (κ3) is 1.82. The highest BCUT2D eigenvalue weighted by atomic mass is 16.7. The first-order chi connectivity index (χ1) is 11.5. The van der Waals surface area contributed by atoms with Crippen LogP contribution in [0.3, 0.4) is 0 Å². The van der Waals surface area contributed by atoms with Gasteiger partial charge in [-0.25, -0.2) is 0 Å². The third-order valence-corrected chi connectivity index (χ3v) is 5.65. The molecule has 126 valence electrons. The average molecular weight is 328 g/mol. The lowest BCUT2D eigenvalue weighted by Gasteiger charge is -2.50. The Balaban J connectivity index is 1.90. The second-order valence-electron chi connectivity index (χ2n) is 6.74. The number of benzene rings is 1. The van der Waals surface area contributed by atoms with Gasteiger partial charge in [-0.3, -0.25) is 9.59 Å². The zero-order valence-corrected chi connectivity index (χ0v) is 13.9. The van der Waals surface area contributed by atoms with Gasteiger partial charge < -0.3 is 14.2 Å². The number of hydrogen-bond acceptors (Lipinski definition) is 5. The Morgan fingerprint density at radius 2 is 2.00 bits per heavy atom. The maximum atomic E-state index is 13.2. The van der Waals surface area contributed by atoms with Crippen molar-refractivity contribution in [2.24, 2.45) is 17.8 Å². The lowest BCUT2D eigenvalue weighted by molar-refractivity contribution is -0.222. The molecule has 0 N–H and O–H groups in total. The van der Waals surface area contributed by atoms with Crippen molar-refractivity contribution in [2.45, 2.75) is 25.6 Å². The summed E-state index contributed by atoms with van der Waals surface area (Å²) in [6, 6.07) is 10.0. The summed E-state index contributed by atoms with van der Waals surface area (Å²) in [5, 5.41) is 0. The normalized spacial score (nSPS) is 37.0. The zero-order valence-electron chi connectivity index (χ0n) is 13.9. The van der Waals surface area contributed by atoms with Gasteiger partial charge >= 0.3 is 5.97 Å². The van der Waals surface area contributed by atoms with Gasteiger partial charge in [0.15, 0.2) is 0 Å². The largest absolute Gasteiger partial charge is 0.431 e. The van der Waals surface area contributed by atoms with Crippen LogP contribution < -0.4 is 0 Å². The molecule has 0 radical (unpaired) electrons. The molecular weight excluding hydrogens is 308 g/mol. The molecule has 5 atom stereocenters. The summed E-state index contributed by atoms with van der Waals surface area (Å²) >= 11 is 0. The Kier molecular flexibility index (Phi) is 3.41. The number of carbonyl (C=O) groups is 2. The lowest BCUT2D eigenvalue weighted by Crippen LogP contribution is -2.60. The molecule has 1 saturated carbocycles. The highest BCUT2D eigenvalue weighted by Crippen LogP contribution is 2.62. The molecular formula is C19H20O5. The molecule has 1 heterocycles. The smallest absolute Gasteiger partial charge is 0.307 e. The van der Waals surface area contributed by atoms with E-state index in [1.807, 2.05) is 37.3 Å². The number of hydrogen-bond donors (Lipinski definition) is 0. The minimum atomic E-state index is -1.31. The molecule has 1 aliphatic heterocycles. The topological polar surface area (TPSA) is 61.8 Å². The van der Waals surface area contributed by atoms with Crippen molar-refractivity contribution in [3.05, 3.63) is 47.2 Å². The zero-order chi connectivity index (χ0) is 17.1. The van der Waals surface area contributed by atoms with Crippen LogP contribution in [0, 0.1) is 17.8 Å². The van der Waals surface area contributed by atoms with Gasteiger partial charge in [0.05, 0.1) is 18.4 Å². The van der Waals surface area contributed by atoms with Gasteiger partial charge in [-0.2, -0.15) is 0 Å². The summed E-state index contributed by atoms with van der Waals surface area (Å²) in [4.78, 5) is 24.8. The Bertz CT molecular complexity index is 737. The van der Waals surface area contributed by atoms with Crippen molar-refractivity contribution in [1.29, 1.82) is 0 Å². The van der Waals surface area contributed by atoms with Gasteiger partial charge in [0, 0.05) is 25.9 Å². The monoisotopic (exact) mass is 328 g/mol. The molecule has 0 unspecified atom stereocenters. The summed E-state index contributed by atoms with van der Waals surface area (Å²) in [6.07, 6.45) is 0. The fourth-order valence-electron chi connectivity index (χ4n) is 4.78. The minimum Gasteiger partial charge on any atom is -0.431 e. The fraction of sp³-hybridized carbons (Fsp3) is 0.474. The minimum absolute atomic E-state index is 0.0220. The van der Waals surface area contributed by atoms with Crippen LogP contribution in [0.4, 0.5) is 0 Å². The summed E-state index contributed by atoms with van der Waals surface area (Å²) < 4.78 is 16.9. The van der Waals surface area contributed by atoms with Crippen LogP contribution in [-0.2, 0) is 23.8 Å². The van der Waals surface area contributed by atoms with E-state index in [9.17, 15) is 9.59 Å². The first-order valence-electron chi connectivity index (χ1n) is 8.18. The van der Waals surface area contributed by atoms with Crippen LogP contribution in [0.2, 0.25) is 0 Å². The van der Waals surface area contributed by atoms with E-state index < -0.39 is 5.79 Å². The van der Waals surface area contributed by atoms with E-state index in [1.165, 1.54) is 14.0 Å².